The van der Waals surface area contributed by atoms with E-state index in [1.807, 2.05) is 13.8 Å². The maximum atomic E-state index is 11.1. The molecule has 0 aromatic carbocycles. The first-order valence-electron chi connectivity index (χ1n) is 3.71. The van der Waals surface area contributed by atoms with Crippen molar-refractivity contribution in [3.8, 4) is 0 Å². The first-order chi connectivity index (χ1) is 4.81. The second kappa shape index (κ2) is 4.40. The molecule has 0 saturated carbocycles. The molecule has 0 unspecified atom stereocenters. The summed E-state index contributed by atoms with van der Waals surface area (Å²) in [6.45, 7) is 3.74. The summed E-state index contributed by atoms with van der Waals surface area (Å²) in [7, 11) is 1.41. The number of carbonyl (C=O) groups excluding carboxylic acids is 1. The quantitative estimate of drug-likeness (QED) is 0.545. The first kappa shape index (κ1) is 11.4. The van der Waals surface area contributed by atoms with E-state index in [4.69, 9.17) is 4.74 Å². The molecule has 2 nitrogen and oxygen atoms in total. The van der Waals surface area contributed by atoms with Crippen LogP contribution >= 0.6 is 10.1 Å². The predicted molar refractivity (Wildman–Crippen MR) is 52.6 cm³/mol. The van der Waals surface area contributed by atoms with Gasteiger partial charge in [-0.3, -0.25) is 0 Å². The Morgan fingerprint density at radius 3 is 2.09 bits per heavy atom. The van der Waals surface area contributed by atoms with Crippen LogP contribution in [0, 0.1) is 0 Å². The Hall–Kier alpha value is 0.363. The molecule has 0 spiro atoms. The van der Waals surface area contributed by atoms with Crippen LogP contribution in [0.25, 0.3) is 0 Å². The van der Waals surface area contributed by atoms with Gasteiger partial charge >= 0.3 is 74.3 Å². The molecule has 4 heteroatoms. The van der Waals surface area contributed by atoms with E-state index < -0.39 is 12.1 Å². The van der Waals surface area contributed by atoms with Crippen LogP contribution in [0.1, 0.15) is 13.8 Å². The Kier molecular flexibility index (Phi) is 4.55. The zero-order chi connectivity index (χ0) is 9.07. The monoisotopic (exact) mass is 238 g/mol. The molecule has 0 aromatic heterocycles. The molecule has 0 fully saturated rings. The number of ether oxygens (including phenoxy) is 1. The predicted octanol–water partition coefficient (Wildman–Crippen LogP) is 3.10. The Morgan fingerprint density at radius 1 is 1.36 bits per heavy atom. The Bertz CT molecular complexity index is 140. The molecule has 0 aliphatic rings. The van der Waals surface area contributed by atoms with E-state index in [0.717, 1.165) is 0 Å². The standard InChI is InChI=1S/C7H16GeO2S/c1-6(2)10-7(9)11-8(3,4)5/h6H,1-5H3. The second-order valence-corrected chi connectivity index (χ2v) is 20.7. The van der Waals surface area contributed by atoms with Gasteiger partial charge in [-0.15, -0.1) is 0 Å². The van der Waals surface area contributed by atoms with E-state index >= 15 is 0 Å². The van der Waals surface area contributed by atoms with Crippen molar-refractivity contribution >= 4 is 27.5 Å². The number of hydrogen-bond donors (Lipinski definition) is 0. The van der Waals surface area contributed by atoms with E-state index in [-0.39, 0.29) is 11.4 Å². The van der Waals surface area contributed by atoms with E-state index in [0.29, 0.717) is 0 Å². The fourth-order valence-corrected chi connectivity index (χ4v) is 4.66. The number of carbonyl (C=O) groups is 1. The van der Waals surface area contributed by atoms with E-state index in [1.165, 1.54) is 10.1 Å². The van der Waals surface area contributed by atoms with Crippen molar-refractivity contribution < 1.29 is 9.53 Å². The summed E-state index contributed by atoms with van der Waals surface area (Å²) in [5.74, 6) is 6.52. The zero-order valence-electron chi connectivity index (χ0n) is 7.80. The SMILES string of the molecule is CC(C)OC(=O)[S][Ge]([CH3])([CH3])[CH3]. The fourth-order valence-electron chi connectivity index (χ4n) is 0.467. The van der Waals surface area contributed by atoms with Crippen molar-refractivity contribution in [1.29, 1.82) is 0 Å². The van der Waals surface area contributed by atoms with E-state index in [1.54, 1.807) is 0 Å². The third-order valence-electron chi connectivity index (χ3n) is 0.721. The fraction of sp³-hybridized carbons (Fsp3) is 0.857. The van der Waals surface area contributed by atoms with Gasteiger partial charge in [-0.2, -0.15) is 0 Å². The van der Waals surface area contributed by atoms with Gasteiger partial charge in [0.15, 0.2) is 0 Å². The summed E-state index contributed by atoms with van der Waals surface area (Å²) in [5, 5.41) is -0.104. The molecular weight excluding hydrogens is 221 g/mol. The first-order valence-corrected chi connectivity index (χ1v) is 13.4. The molecule has 0 saturated heterocycles. The molecule has 0 aromatic rings. The van der Waals surface area contributed by atoms with Crippen molar-refractivity contribution in [1.82, 2.24) is 0 Å². The minimum absolute atomic E-state index is 0.0137. The molecule has 0 rings (SSSR count). The van der Waals surface area contributed by atoms with Crippen molar-refractivity contribution in [2.45, 2.75) is 37.2 Å². The molecule has 0 aliphatic carbocycles. The number of rotatable bonds is 2. The topological polar surface area (TPSA) is 26.3 Å². The van der Waals surface area contributed by atoms with Crippen LogP contribution in [0.15, 0.2) is 0 Å². The second-order valence-electron chi connectivity index (χ2n) is 3.63. The molecule has 11 heavy (non-hydrogen) atoms. The molecule has 0 atom stereocenters. The van der Waals surface area contributed by atoms with Crippen LogP contribution in [-0.4, -0.2) is 23.5 Å². The van der Waals surface area contributed by atoms with Gasteiger partial charge in [0.2, 0.25) is 0 Å². The average molecular weight is 237 g/mol. The van der Waals surface area contributed by atoms with Crippen LogP contribution in [0.2, 0.25) is 17.3 Å². The summed E-state index contributed by atoms with van der Waals surface area (Å²) in [4.78, 5) is 11.1. The van der Waals surface area contributed by atoms with Gasteiger partial charge in [-0.25, -0.2) is 0 Å². The van der Waals surface area contributed by atoms with Crippen LogP contribution in [0.4, 0.5) is 4.79 Å². The minimum atomic E-state index is -1.80. The van der Waals surface area contributed by atoms with Crippen molar-refractivity contribution in [3.63, 3.8) is 0 Å². The summed E-state index contributed by atoms with van der Waals surface area (Å²) >= 11 is -1.80. The summed E-state index contributed by atoms with van der Waals surface area (Å²) in [6, 6.07) is 0. The Balaban J connectivity index is 3.71. The van der Waals surface area contributed by atoms with Gasteiger partial charge in [0, 0.05) is 0 Å². The Labute approximate surface area is 74.4 Å². The molecular formula is C7H16GeO2S. The van der Waals surface area contributed by atoms with Gasteiger partial charge in [0.25, 0.3) is 0 Å². The van der Waals surface area contributed by atoms with Gasteiger partial charge in [0.1, 0.15) is 0 Å². The van der Waals surface area contributed by atoms with Crippen molar-refractivity contribution in [2.75, 3.05) is 0 Å². The summed E-state index contributed by atoms with van der Waals surface area (Å²) < 4.78 is 5.00. The average Bonchev–Trinajstić information content (AvgIpc) is 1.53. The molecule has 0 radical (unpaired) electrons. The number of hydrogen-bond acceptors (Lipinski definition) is 3. The summed E-state index contributed by atoms with van der Waals surface area (Å²) in [5.41, 5.74) is 0. The molecule has 0 amide bonds. The normalized spacial score (nSPS) is 11.8. The van der Waals surface area contributed by atoms with E-state index in [9.17, 15) is 4.79 Å². The van der Waals surface area contributed by atoms with E-state index in [2.05, 4.69) is 17.3 Å². The van der Waals surface area contributed by atoms with Gasteiger partial charge < -0.3 is 0 Å². The van der Waals surface area contributed by atoms with Crippen LogP contribution in [0.5, 0.6) is 0 Å². The molecule has 0 aliphatic heterocycles. The van der Waals surface area contributed by atoms with Gasteiger partial charge in [-0.05, 0) is 0 Å². The summed E-state index contributed by atoms with van der Waals surface area (Å²) in [6.07, 6.45) is 0.0137. The molecule has 0 N–H and O–H groups in total. The zero-order valence-corrected chi connectivity index (χ0v) is 10.7. The van der Waals surface area contributed by atoms with Crippen LogP contribution < -0.4 is 0 Å². The van der Waals surface area contributed by atoms with Crippen molar-refractivity contribution in [2.24, 2.45) is 0 Å². The molecule has 0 bridgehead atoms. The van der Waals surface area contributed by atoms with Crippen molar-refractivity contribution in [3.05, 3.63) is 0 Å². The van der Waals surface area contributed by atoms with Crippen LogP contribution in [-0.2, 0) is 4.74 Å². The van der Waals surface area contributed by atoms with Crippen LogP contribution in [0.3, 0.4) is 0 Å². The van der Waals surface area contributed by atoms with Gasteiger partial charge in [-0.1, -0.05) is 0 Å². The molecule has 0 heterocycles. The third-order valence-corrected chi connectivity index (χ3v) is 6.50. The molecule has 66 valence electrons. The maximum absolute atomic E-state index is 11.1. The van der Waals surface area contributed by atoms with Gasteiger partial charge in [0.05, 0.1) is 0 Å². The third kappa shape index (κ3) is 8.27. The Morgan fingerprint density at radius 2 is 1.82 bits per heavy atom.